The molecule has 0 amide bonds. The second kappa shape index (κ2) is 7.32. The van der Waals surface area contributed by atoms with Crippen molar-refractivity contribution in [2.45, 2.75) is 32.6 Å². The van der Waals surface area contributed by atoms with Gasteiger partial charge in [-0.05, 0) is 32.6 Å². The molecule has 0 aliphatic carbocycles. The molecular formula is C9H16O2. The standard InChI is InChI=1S/C9H16O2/c1-9(2)6-4-3-5-7-11-8-10/h8H,1,3-7H2,2H3. The Hall–Kier alpha value is -0.790. The smallest absolute Gasteiger partial charge is 0.293 e. The number of rotatable bonds is 7. The second-order valence-electron chi connectivity index (χ2n) is 2.73. The SMILES string of the molecule is C=C(C)CCCCCOC=O. The van der Waals surface area contributed by atoms with Crippen molar-refractivity contribution in [1.29, 1.82) is 0 Å². The van der Waals surface area contributed by atoms with E-state index in [1.807, 2.05) is 6.92 Å². The van der Waals surface area contributed by atoms with E-state index in [1.165, 1.54) is 5.57 Å². The Kier molecular flexibility index (Phi) is 6.79. The monoisotopic (exact) mass is 156 g/mol. The van der Waals surface area contributed by atoms with Gasteiger partial charge in [0.15, 0.2) is 0 Å². The maximum absolute atomic E-state index is 9.71. The molecule has 0 aromatic carbocycles. The summed E-state index contributed by atoms with van der Waals surface area (Å²) in [4.78, 5) is 9.71. The number of carbonyl (C=O) groups excluding carboxylic acids is 1. The van der Waals surface area contributed by atoms with Gasteiger partial charge >= 0.3 is 0 Å². The minimum Gasteiger partial charge on any atom is -0.468 e. The van der Waals surface area contributed by atoms with Crippen LogP contribution < -0.4 is 0 Å². The number of carbonyl (C=O) groups is 1. The van der Waals surface area contributed by atoms with E-state index in [4.69, 9.17) is 0 Å². The molecule has 2 heteroatoms. The number of ether oxygens (including phenoxy) is 1. The molecular weight excluding hydrogens is 140 g/mol. The average Bonchev–Trinajstić information content (AvgIpc) is 1.96. The number of allylic oxidation sites excluding steroid dienone is 1. The van der Waals surface area contributed by atoms with Gasteiger partial charge in [0.05, 0.1) is 6.61 Å². The molecule has 0 radical (unpaired) electrons. The van der Waals surface area contributed by atoms with Gasteiger partial charge in [0, 0.05) is 0 Å². The van der Waals surface area contributed by atoms with Gasteiger partial charge in [-0.2, -0.15) is 0 Å². The highest BCUT2D eigenvalue weighted by Crippen LogP contribution is 2.05. The van der Waals surface area contributed by atoms with Crippen LogP contribution in [0.5, 0.6) is 0 Å². The van der Waals surface area contributed by atoms with E-state index >= 15 is 0 Å². The van der Waals surface area contributed by atoms with Crippen molar-refractivity contribution in [1.82, 2.24) is 0 Å². The van der Waals surface area contributed by atoms with Gasteiger partial charge in [0.25, 0.3) is 6.47 Å². The second-order valence-corrected chi connectivity index (χ2v) is 2.73. The Morgan fingerprint density at radius 2 is 2.18 bits per heavy atom. The molecule has 0 heterocycles. The summed E-state index contributed by atoms with van der Waals surface area (Å²) in [7, 11) is 0. The van der Waals surface area contributed by atoms with Gasteiger partial charge < -0.3 is 4.74 Å². The molecule has 64 valence electrons. The summed E-state index contributed by atoms with van der Waals surface area (Å²) in [5, 5.41) is 0. The van der Waals surface area contributed by atoms with E-state index in [1.54, 1.807) is 0 Å². The van der Waals surface area contributed by atoms with E-state index in [0.717, 1.165) is 25.7 Å². The van der Waals surface area contributed by atoms with Crippen molar-refractivity contribution in [3.8, 4) is 0 Å². The zero-order valence-electron chi connectivity index (χ0n) is 7.14. The molecule has 0 rings (SSSR count). The maximum atomic E-state index is 9.71. The number of unbranched alkanes of at least 4 members (excludes halogenated alkanes) is 2. The van der Waals surface area contributed by atoms with Crippen LogP contribution >= 0.6 is 0 Å². The highest BCUT2D eigenvalue weighted by Gasteiger charge is 1.89. The third kappa shape index (κ3) is 9.21. The van der Waals surface area contributed by atoms with Crippen LogP contribution in [0, 0.1) is 0 Å². The Morgan fingerprint density at radius 3 is 2.73 bits per heavy atom. The average molecular weight is 156 g/mol. The molecule has 0 saturated heterocycles. The summed E-state index contributed by atoms with van der Waals surface area (Å²) in [5.74, 6) is 0. The predicted octanol–water partition coefficient (Wildman–Crippen LogP) is 2.30. The summed E-state index contributed by atoms with van der Waals surface area (Å²) in [6, 6.07) is 0. The van der Waals surface area contributed by atoms with Crippen LogP contribution in [0.2, 0.25) is 0 Å². The Labute approximate surface area is 68.2 Å². The lowest BCUT2D eigenvalue weighted by Gasteiger charge is -1.99. The highest BCUT2D eigenvalue weighted by atomic mass is 16.5. The van der Waals surface area contributed by atoms with Crippen molar-refractivity contribution in [2.24, 2.45) is 0 Å². The third-order valence-electron chi connectivity index (χ3n) is 1.43. The number of hydrogen-bond donors (Lipinski definition) is 0. The molecule has 0 aromatic heterocycles. The minimum absolute atomic E-state index is 0.499. The first-order chi connectivity index (χ1) is 5.27. The lowest BCUT2D eigenvalue weighted by molar-refractivity contribution is -0.128. The lowest BCUT2D eigenvalue weighted by Crippen LogP contribution is -1.91. The topological polar surface area (TPSA) is 26.3 Å². The molecule has 2 nitrogen and oxygen atoms in total. The van der Waals surface area contributed by atoms with Crippen LogP contribution in [0.4, 0.5) is 0 Å². The van der Waals surface area contributed by atoms with Crippen LogP contribution in [0.3, 0.4) is 0 Å². The van der Waals surface area contributed by atoms with Crippen molar-refractivity contribution in [2.75, 3.05) is 6.61 Å². The molecule has 0 aromatic rings. The van der Waals surface area contributed by atoms with Crippen molar-refractivity contribution < 1.29 is 9.53 Å². The van der Waals surface area contributed by atoms with Crippen molar-refractivity contribution in [3.63, 3.8) is 0 Å². The fourth-order valence-electron chi connectivity index (χ4n) is 0.837. The normalized spacial score (nSPS) is 9.18. The van der Waals surface area contributed by atoms with E-state index in [-0.39, 0.29) is 0 Å². The summed E-state index contributed by atoms with van der Waals surface area (Å²) in [6.07, 6.45) is 4.31. The van der Waals surface area contributed by atoms with E-state index < -0.39 is 0 Å². The first-order valence-electron chi connectivity index (χ1n) is 3.97. The summed E-state index contributed by atoms with van der Waals surface area (Å²) in [6.45, 7) is 6.89. The van der Waals surface area contributed by atoms with Gasteiger partial charge in [0.1, 0.15) is 0 Å². The molecule has 0 N–H and O–H groups in total. The Balaban J connectivity index is 2.90. The van der Waals surface area contributed by atoms with E-state index in [9.17, 15) is 4.79 Å². The molecule has 11 heavy (non-hydrogen) atoms. The molecule has 0 bridgehead atoms. The van der Waals surface area contributed by atoms with Crippen molar-refractivity contribution >= 4 is 6.47 Å². The van der Waals surface area contributed by atoms with Crippen LogP contribution in [0.15, 0.2) is 12.2 Å². The fraction of sp³-hybridized carbons (Fsp3) is 0.667. The Morgan fingerprint density at radius 1 is 1.45 bits per heavy atom. The molecule has 0 aliphatic heterocycles. The van der Waals surface area contributed by atoms with Gasteiger partial charge in [-0.3, -0.25) is 4.79 Å². The van der Waals surface area contributed by atoms with Crippen molar-refractivity contribution in [3.05, 3.63) is 12.2 Å². The highest BCUT2D eigenvalue weighted by molar-refractivity contribution is 5.36. The molecule has 0 saturated carbocycles. The zero-order valence-corrected chi connectivity index (χ0v) is 7.14. The van der Waals surface area contributed by atoms with Crippen LogP contribution in [0.1, 0.15) is 32.6 Å². The number of hydrogen-bond acceptors (Lipinski definition) is 2. The first-order valence-corrected chi connectivity index (χ1v) is 3.97. The third-order valence-corrected chi connectivity index (χ3v) is 1.43. The van der Waals surface area contributed by atoms with Gasteiger partial charge in [-0.1, -0.05) is 5.57 Å². The molecule has 0 atom stereocenters. The zero-order chi connectivity index (χ0) is 8.53. The molecule has 0 unspecified atom stereocenters. The van der Waals surface area contributed by atoms with Gasteiger partial charge in [0.2, 0.25) is 0 Å². The Bertz CT molecular complexity index is 119. The minimum atomic E-state index is 0.499. The fourth-order valence-corrected chi connectivity index (χ4v) is 0.837. The molecule has 0 spiro atoms. The first kappa shape index (κ1) is 10.2. The lowest BCUT2D eigenvalue weighted by atomic mass is 10.1. The quantitative estimate of drug-likeness (QED) is 0.321. The summed E-state index contributed by atoms with van der Waals surface area (Å²) < 4.78 is 4.54. The van der Waals surface area contributed by atoms with E-state index in [2.05, 4.69) is 11.3 Å². The van der Waals surface area contributed by atoms with Crippen LogP contribution in [0.25, 0.3) is 0 Å². The molecule has 0 fully saturated rings. The predicted molar refractivity (Wildman–Crippen MR) is 45.3 cm³/mol. The van der Waals surface area contributed by atoms with Gasteiger partial charge in [-0.25, -0.2) is 0 Å². The van der Waals surface area contributed by atoms with Crippen LogP contribution in [-0.4, -0.2) is 13.1 Å². The largest absolute Gasteiger partial charge is 0.468 e. The van der Waals surface area contributed by atoms with Gasteiger partial charge in [-0.15, -0.1) is 6.58 Å². The summed E-state index contributed by atoms with van der Waals surface area (Å²) >= 11 is 0. The molecule has 0 aliphatic rings. The maximum Gasteiger partial charge on any atom is 0.293 e. The van der Waals surface area contributed by atoms with E-state index in [0.29, 0.717) is 13.1 Å². The van der Waals surface area contributed by atoms with Crippen LogP contribution in [-0.2, 0) is 9.53 Å². The summed E-state index contributed by atoms with van der Waals surface area (Å²) in [5.41, 5.74) is 1.22.